The van der Waals surface area contributed by atoms with Gasteiger partial charge in [0.15, 0.2) is 17.3 Å². The minimum Gasteiger partial charge on any atom is -0.493 e. The zero-order valence-electron chi connectivity index (χ0n) is 19.5. The average molecular weight is 457 g/mol. The van der Waals surface area contributed by atoms with Crippen molar-refractivity contribution < 1.29 is 14.3 Å². The fraction of sp³-hybridized carbons (Fsp3) is 0.542. The number of thioether (sulfide) groups is 1. The number of ether oxygens (including phenoxy) is 2. The van der Waals surface area contributed by atoms with Gasteiger partial charge in [0.05, 0.1) is 13.7 Å². The summed E-state index contributed by atoms with van der Waals surface area (Å²) in [5.74, 6) is 3.15. The molecule has 0 radical (unpaired) electrons. The third-order valence-corrected chi connectivity index (χ3v) is 6.77. The van der Waals surface area contributed by atoms with Gasteiger partial charge < -0.3 is 14.8 Å². The molecule has 1 atom stereocenters. The fourth-order valence-corrected chi connectivity index (χ4v) is 5.31. The lowest BCUT2D eigenvalue weighted by Crippen LogP contribution is -2.36. The maximum absolute atomic E-state index is 13.4. The summed E-state index contributed by atoms with van der Waals surface area (Å²) in [4.78, 5) is 18.1. The van der Waals surface area contributed by atoms with Crippen molar-refractivity contribution >= 4 is 23.5 Å². The molecule has 2 heterocycles. The molecular weight excluding hydrogens is 424 g/mol. The van der Waals surface area contributed by atoms with Crippen LogP contribution in [0.15, 0.2) is 34.6 Å². The largest absolute Gasteiger partial charge is 0.493 e. The molecule has 7 nitrogen and oxygen atoms in total. The van der Waals surface area contributed by atoms with E-state index in [9.17, 15) is 4.79 Å². The van der Waals surface area contributed by atoms with Crippen LogP contribution in [0.2, 0.25) is 0 Å². The molecule has 1 unspecified atom stereocenters. The molecule has 0 spiro atoms. The van der Waals surface area contributed by atoms with Crippen LogP contribution in [0.25, 0.3) is 0 Å². The van der Waals surface area contributed by atoms with Crippen molar-refractivity contribution in [3.63, 3.8) is 0 Å². The van der Waals surface area contributed by atoms with Gasteiger partial charge in [-0.3, -0.25) is 4.79 Å². The molecule has 0 saturated carbocycles. The van der Waals surface area contributed by atoms with E-state index in [4.69, 9.17) is 19.6 Å². The van der Waals surface area contributed by atoms with Gasteiger partial charge in [-0.15, -0.1) is 5.10 Å². The summed E-state index contributed by atoms with van der Waals surface area (Å²) in [7, 11) is 1.63. The summed E-state index contributed by atoms with van der Waals surface area (Å²) in [6.45, 7) is 8.92. The third kappa shape index (κ3) is 4.37. The van der Waals surface area contributed by atoms with Crippen molar-refractivity contribution in [3.8, 4) is 11.5 Å². The molecule has 0 amide bonds. The number of nitrogens with one attached hydrogen (secondary N) is 1. The average Bonchev–Trinajstić information content (AvgIpc) is 3.14. The van der Waals surface area contributed by atoms with Gasteiger partial charge in [0, 0.05) is 23.4 Å². The summed E-state index contributed by atoms with van der Waals surface area (Å²) in [6.07, 6.45) is 3.56. The molecule has 1 aromatic heterocycles. The van der Waals surface area contributed by atoms with Gasteiger partial charge >= 0.3 is 0 Å². The van der Waals surface area contributed by atoms with Crippen LogP contribution < -0.4 is 14.8 Å². The van der Waals surface area contributed by atoms with Gasteiger partial charge in [-0.05, 0) is 42.9 Å². The number of fused-ring (bicyclic) bond motifs is 1. The predicted molar refractivity (Wildman–Crippen MR) is 127 cm³/mol. The summed E-state index contributed by atoms with van der Waals surface area (Å²) in [5.41, 5.74) is 2.58. The van der Waals surface area contributed by atoms with Crippen LogP contribution in [-0.4, -0.2) is 40.0 Å². The van der Waals surface area contributed by atoms with E-state index in [1.165, 1.54) is 0 Å². The van der Waals surface area contributed by atoms with Crippen LogP contribution in [0.3, 0.4) is 0 Å². The number of ketones is 1. The van der Waals surface area contributed by atoms with Gasteiger partial charge in [0.2, 0.25) is 11.1 Å². The molecule has 32 heavy (non-hydrogen) atoms. The Morgan fingerprint density at radius 1 is 1.25 bits per heavy atom. The topological polar surface area (TPSA) is 78.3 Å². The molecule has 0 bridgehead atoms. The van der Waals surface area contributed by atoms with Gasteiger partial charge in [0.25, 0.3) is 0 Å². The van der Waals surface area contributed by atoms with E-state index < -0.39 is 0 Å². The zero-order chi connectivity index (χ0) is 22.9. The number of Topliss-reactive ketones (excluding diaryl/α,β-unsaturated/α-hetero) is 1. The number of unbranched alkanes of at least 4 members (excludes halogenated alkanes) is 1. The number of benzene rings is 1. The Morgan fingerprint density at radius 3 is 2.78 bits per heavy atom. The van der Waals surface area contributed by atoms with Crippen molar-refractivity contribution in [3.05, 3.63) is 35.0 Å². The SMILES string of the molecule is CCCCSc1nc2n(n1)C(c1ccc(OC)c(OCC)c1)C1=C(CC(C)(C)CC1=O)N2. The molecule has 2 aromatic rings. The van der Waals surface area contributed by atoms with Crippen LogP contribution >= 0.6 is 11.8 Å². The predicted octanol–water partition coefficient (Wildman–Crippen LogP) is 5.24. The van der Waals surface area contributed by atoms with Crippen molar-refractivity contribution in [1.29, 1.82) is 0 Å². The van der Waals surface area contributed by atoms with Gasteiger partial charge in [-0.2, -0.15) is 4.98 Å². The first-order chi connectivity index (χ1) is 15.4. The lowest BCUT2D eigenvalue weighted by molar-refractivity contribution is -0.118. The van der Waals surface area contributed by atoms with E-state index >= 15 is 0 Å². The molecule has 1 N–H and O–H groups in total. The molecule has 172 valence electrons. The lowest BCUT2D eigenvalue weighted by atomic mass is 9.73. The van der Waals surface area contributed by atoms with Crippen LogP contribution in [0.4, 0.5) is 5.95 Å². The van der Waals surface area contributed by atoms with E-state index in [0.29, 0.717) is 30.5 Å². The summed E-state index contributed by atoms with van der Waals surface area (Å²) in [6, 6.07) is 5.51. The minimum atomic E-state index is -0.344. The zero-order valence-corrected chi connectivity index (χ0v) is 20.3. The number of rotatable bonds is 8. The first kappa shape index (κ1) is 22.7. The van der Waals surface area contributed by atoms with E-state index in [-0.39, 0.29) is 17.2 Å². The quantitative estimate of drug-likeness (QED) is 0.430. The Bertz CT molecular complexity index is 1040. The second-order valence-electron chi connectivity index (χ2n) is 9.07. The van der Waals surface area contributed by atoms with E-state index in [0.717, 1.165) is 47.0 Å². The smallest absolute Gasteiger partial charge is 0.227 e. The number of carbonyl (C=O) groups excluding carboxylic acids is 1. The van der Waals surface area contributed by atoms with Crippen LogP contribution in [0.5, 0.6) is 11.5 Å². The Balaban J connectivity index is 1.81. The lowest BCUT2D eigenvalue weighted by Gasteiger charge is -2.38. The standard InChI is InChI=1S/C24H32N4O3S/c1-6-8-11-32-23-26-22-25-16-13-24(3,4)14-17(29)20(16)21(28(22)27-23)15-9-10-18(30-5)19(12-15)31-7-2/h9-10,12,21H,6-8,11,13-14H2,1-5H3,(H,25,26,27). The highest BCUT2D eigenvalue weighted by atomic mass is 32.2. The van der Waals surface area contributed by atoms with E-state index in [1.807, 2.05) is 29.8 Å². The van der Waals surface area contributed by atoms with Gasteiger partial charge in [0.1, 0.15) is 6.04 Å². The van der Waals surface area contributed by atoms with Gasteiger partial charge in [-0.25, -0.2) is 4.68 Å². The Kier molecular flexibility index (Phi) is 6.51. The maximum Gasteiger partial charge on any atom is 0.227 e. The summed E-state index contributed by atoms with van der Waals surface area (Å²) >= 11 is 1.66. The monoisotopic (exact) mass is 456 g/mol. The molecule has 2 aliphatic rings. The second kappa shape index (κ2) is 9.17. The Morgan fingerprint density at radius 2 is 2.06 bits per heavy atom. The van der Waals surface area contributed by atoms with Crippen molar-refractivity contribution in [2.45, 2.75) is 64.6 Å². The number of methoxy groups -OCH3 is 1. The number of aromatic nitrogens is 3. The number of allylic oxidation sites excluding steroid dienone is 2. The molecule has 4 rings (SSSR count). The van der Waals surface area contributed by atoms with E-state index in [1.54, 1.807) is 18.9 Å². The summed E-state index contributed by atoms with van der Waals surface area (Å²) in [5, 5.41) is 8.98. The number of anilines is 1. The maximum atomic E-state index is 13.4. The molecular formula is C24H32N4O3S. The molecule has 0 saturated heterocycles. The molecule has 8 heteroatoms. The molecule has 1 aliphatic heterocycles. The van der Waals surface area contributed by atoms with Crippen molar-refractivity contribution in [2.75, 3.05) is 24.8 Å². The normalized spacial score (nSPS) is 19.3. The molecule has 1 aromatic carbocycles. The Hall–Kier alpha value is -2.48. The van der Waals surface area contributed by atoms with Crippen LogP contribution in [0.1, 0.15) is 65.0 Å². The van der Waals surface area contributed by atoms with Gasteiger partial charge in [-0.1, -0.05) is 45.0 Å². The molecule has 0 fully saturated rings. The first-order valence-electron chi connectivity index (χ1n) is 11.3. The minimum absolute atomic E-state index is 0.0925. The third-order valence-electron chi connectivity index (χ3n) is 5.84. The number of hydrogen-bond acceptors (Lipinski definition) is 7. The summed E-state index contributed by atoms with van der Waals surface area (Å²) < 4.78 is 13.2. The van der Waals surface area contributed by atoms with E-state index in [2.05, 4.69) is 26.1 Å². The number of nitrogens with zero attached hydrogens (tertiary/aromatic N) is 3. The highest BCUT2D eigenvalue weighted by molar-refractivity contribution is 7.99. The number of hydrogen-bond donors (Lipinski definition) is 1. The Labute approximate surface area is 194 Å². The first-order valence-corrected chi connectivity index (χ1v) is 12.3. The van der Waals surface area contributed by atoms with Crippen LogP contribution in [0, 0.1) is 5.41 Å². The molecule has 1 aliphatic carbocycles. The number of carbonyl (C=O) groups is 1. The highest BCUT2D eigenvalue weighted by Crippen LogP contribution is 2.46. The van der Waals surface area contributed by atoms with Crippen molar-refractivity contribution in [2.24, 2.45) is 5.41 Å². The second-order valence-corrected chi connectivity index (χ2v) is 10.1. The highest BCUT2D eigenvalue weighted by Gasteiger charge is 2.42. The van der Waals surface area contributed by atoms with Crippen LogP contribution in [-0.2, 0) is 4.79 Å². The van der Waals surface area contributed by atoms with Crippen molar-refractivity contribution in [1.82, 2.24) is 14.8 Å². The fourth-order valence-electron chi connectivity index (χ4n) is 4.40.